The van der Waals surface area contributed by atoms with Crippen molar-refractivity contribution in [2.45, 2.75) is 10.2 Å². The Morgan fingerprint density at radius 3 is 3.33 bits per heavy atom. The van der Waals surface area contributed by atoms with Crippen LogP contribution < -0.4 is 52.1 Å². The van der Waals surface area contributed by atoms with Crippen molar-refractivity contribution in [2.24, 2.45) is 10.7 Å². The van der Waals surface area contributed by atoms with Gasteiger partial charge in [-0.2, -0.15) is 0 Å². The molecule has 0 saturated carbocycles. The summed E-state index contributed by atoms with van der Waals surface area (Å²) in [6, 6.07) is 0. The van der Waals surface area contributed by atoms with Crippen LogP contribution in [-0.2, 0) is 0 Å². The van der Waals surface area contributed by atoms with Gasteiger partial charge in [0, 0.05) is 0 Å². The third-order valence-corrected chi connectivity index (χ3v) is 7.28. The van der Waals surface area contributed by atoms with Gasteiger partial charge in [0.15, 0.2) is 0 Å². The number of hydrogen-bond donors (Lipinski definition) is 2. The van der Waals surface area contributed by atoms with Crippen LogP contribution in [-0.4, -0.2) is 41.5 Å². The average Bonchev–Trinajstić information content (AvgIpc) is 2.88. The monoisotopic (exact) mass is 433 g/mol. The summed E-state index contributed by atoms with van der Waals surface area (Å²) in [5.74, 6) is 1.15. The van der Waals surface area contributed by atoms with Gasteiger partial charge in [0.25, 0.3) is 0 Å². The predicted molar refractivity (Wildman–Crippen MR) is 49.8 cm³/mol. The fraction of sp³-hybridized carbons (Fsp3) is 0.625. The second-order valence-electron chi connectivity index (χ2n) is 3.52. The van der Waals surface area contributed by atoms with E-state index in [0.717, 1.165) is 5.84 Å². The number of fused-ring (bicyclic) bond motifs is 1. The molecule has 0 amide bonds. The van der Waals surface area contributed by atoms with E-state index in [1.54, 1.807) is 0 Å². The molecule has 0 aromatic carbocycles. The predicted octanol–water partition coefficient (Wildman–Crippen LogP) is -7.29. The van der Waals surface area contributed by atoms with Crippen molar-refractivity contribution in [3.63, 3.8) is 0 Å². The number of rotatable bonds is 0. The Morgan fingerprint density at radius 2 is 2.53 bits per heavy atom. The number of halogens is 2. The first kappa shape index (κ1) is 10.5. The summed E-state index contributed by atoms with van der Waals surface area (Å²) in [5, 5.41) is 2.06. The summed E-state index contributed by atoms with van der Waals surface area (Å²) in [4.78, 5) is 7.15. The van der Waals surface area contributed by atoms with E-state index in [2.05, 4.69) is 25.8 Å². The number of amidine groups is 1. The topological polar surface area (TPSA) is 56.9 Å². The normalized spacial score (nSPS) is 35.7. The quantitative estimate of drug-likeness (QED) is 0.173. The van der Waals surface area contributed by atoms with Crippen LogP contribution in [0.4, 0.5) is 0 Å². The summed E-state index contributed by atoms with van der Waals surface area (Å²) in [6.45, 7) is 1.20. The molecule has 2 fully saturated rings. The number of nitrogens with two attached hydrogens (primary N) is 1. The molecule has 2 saturated heterocycles. The molecule has 0 radical (unpaired) electrons. The molecule has 2 atom stereocenters. The molecule has 2 unspecified atom stereocenters. The Kier molecular flexibility index (Phi) is 3.05. The van der Waals surface area contributed by atoms with E-state index in [1.165, 1.54) is 15.5 Å². The summed E-state index contributed by atoms with van der Waals surface area (Å²) in [7, 11) is 0. The Hall–Kier alpha value is 0.390. The van der Waals surface area contributed by atoms with Gasteiger partial charge in [-0.25, -0.2) is 0 Å². The fourth-order valence-electron chi connectivity index (χ4n) is 1.69. The molecule has 0 aromatic heterocycles. The van der Waals surface area contributed by atoms with Crippen LogP contribution in [0.2, 0.25) is 0 Å². The number of alkyl halides is 3. The molecular formula is C8H13I2N5-2. The van der Waals surface area contributed by atoms with Crippen molar-refractivity contribution < 1.29 is 42.7 Å². The second kappa shape index (κ2) is 4.34. The van der Waals surface area contributed by atoms with Crippen molar-refractivity contribution in [2.75, 3.05) is 15.5 Å². The third kappa shape index (κ3) is 1.98. The second-order valence-corrected chi connectivity index (χ2v) is 8.91. The van der Waals surface area contributed by atoms with Gasteiger partial charge in [0.2, 0.25) is 0 Å². The van der Waals surface area contributed by atoms with Gasteiger partial charge < -0.3 is 0 Å². The van der Waals surface area contributed by atoms with Crippen LogP contribution in [0.1, 0.15) is 0 Å². The van der Waals surface area contributed by atoms with Gasteiger partial charge in [-0.15, -0.1) is 0 Å². The molecule has 3 rings (SSSR count). The summed E-state index contributed by atoms with van der Waals surface area (Å²) < 4.78 is 6.21. The molecule has 3 heterocycles. The first-order chi connectivity index (χ1) is 7.34. The van der Waals surface area contributed by atoms with E-state index >= 15 is 0 Å². The Balaban J connectivity index is 1.79. The van der Waals surface area contributed by atoms with Crippen molar-refractivity contribution in [3.05, 3.63) is 12.3 Å². The van der Waals surface area contributed by atoms with Gasteiger partial charge in [-0.05, 0) is 0 Å². The van der Waals surface area contributed by atoms with Crippen molar-refractivity contribution in [1.29, 1.82) is 0 Å². The average molecular weight is 433 g/mol. The van der Waals surface area contributed by atoms with Crippen LogP contribution in [0.3, 0.4) is 0 Å². The van der Waals surface area contributed by atoms with E-state index in [-0.39, 0.29) is 31.7 Å². The number of hydrogen-bond acceptors (Lipinski definition) is 5. The molecule has 0 aliphatic carbocycles. The zero-order valence-corrected chi connectivity index (χ0v) is 12.4. The van der Waals surface area contributed by atoms with Crippen molar-refractivity contribution >= 4 is 5.84 Å². The van der Waals surface area contributed by atoms with E-state index in [9.17, 15) is 0 Å². The van der Waals surface area contributed by atoms with E-state index in [1.807, 2.05) is 0 Å². The van der Waals surface area contributed by atoms with E-state index in [0.29, 0.717) is 21.2 Å². The van der Waals surface area contributed by atoms with E-state index in [4.69, 9.17) is 10.7 Å². The van der Waals surface area contributed by atoms with Crippen LogP contribution in [0.5, 0.6) is 0 Å². The van der Waals surface area contributed by atoms with E-state index < -0.39 is 0 Å². The van der Waals surface area contributed by atoms with Crippen LogP contribution in [0.15, 0.2) is 17.3 Å². The fourth-order valence-corrected chi connectivity index (χ4v) is 6.15. The van der Waals surface area contributed by atoms with Crippen LogP contribution in [0.25, 0.3) is 0 Å². The molecule has 3 aliphatic rings. The summed E-state index contributed by atoms with van der Waals surface area (Å²) >= 11 is 0.284. The van der Waals surface area contributed by atoms with Gasteiger partial charge in [0.1, 0.15) is 0 Å². The zero-order chi connectivity index (χ0) is 10.3. The van der Waals surface area contributed by atoms with Gasteiger partial charge >= 0.3 is 111 Å². The maximum absolute atomic E-state index is 6.04. The molecule has 15 heavy (non-hydrogen) atoms. The standard InChI is InChI=1S/C8H13I2N5/c11-7-8-12-6(14-4-2-9-5-14)1-3-15(8)13-10-7/h1,3,7-8,13H,2,4-5,11H2/q-2. The molecule has 3 aliphatic heterocycles. The van der Waals surface area contributed by atoms with Gasteiger partial charge in [0.05, 0.1) is 0 Å². The minimum atomic E-state index is -0.123. The third-order valence-electron chi connectivity index (χ3n) is 2.53. The van der Waals surface area contributed by atoms with Crippen LogP contribution >= 0.6 is 0 Å². The number of nitrogens with zero attached hydrogens (tertiary/aromatic N) is 3. The molecule has 0 spiro atoms. The molecule has 86 valence electrons. The van der Waals surface area contributed by atoms with Gasteiger partial charge in [-0.1, -0.05) is 0 Å². The number of hydrazine groups is 1. The molecule has 3 N–H and O–H groups in total. The van der Waals surface area contributed by atoms with Crippen molar-refractivity contribution in [3.8, 4) is 0 Å². The molecule has 0 aromatic rings. The van der Waals surface area contributed by atoms with Gasteiger partial charge in [-0.3, -0.25) is 0 Å². The number of nitrogens with one attached hydrogen (secondary N) is 1. The Bertz CT molecular complexity index is 312. The Morgan fingerprint density at radius 1 is 1.60 bits per heavy atom. The van der Waals surface area contributed by atoms with Crippen LogP contribution in [0, 0.1) is 0 Å². The molecule has 7 heteroatoms. The first-order valence-corrected chi connectivity index (χ1v) is 10.2. The Labute approximate surface area is 110 Å². The van der Waals surface area contributed by atoms with Crippen molar-refractivity contribution in [1.82, 2.24) is 13.5 Å². The molecule has 5 nitrogen and oxygen atoms in total. The number of aliphatic imine (C=N–C) groups is 1. The zero-order valence-electron chi connectivity index (χ0n) is 8.11. The molecule has 0 bridgehead atoms. The first-order valence-electron chi connectivity index (χ1n) is 4.81. The summed E-state index contributed by atoms with van der Waals surface area (Å²) in [5.41, 5.74) is 6.04. The minimum absolute atomic E-state index is 0.123. The summed E-state index contributed by atoms with van der Waals surface area (Å²) in [6.07, 6.45) is 4.35. The SMILES string of the molecule is NC1[I-]NN2C=CC(N3CC[I-]C3)=NC12. The molecular weight excluding hydrogens is 420 g/mol. The maximum atomic E-state index is 6.04.